The molecule has 290 valence electrons. The van der Waals surface area contributed by atoms with E-state index in [1.165, 1.54) is 17.0 Å². The molecule has 1 unspecified atom stereocenters. The van der Waals surface area contributed by atoms with Crippen molar-refractivity contribution in [2.45, 2.75) is 95.0 Å². The Morgan fingerprint density at radius 2 is 1.72 bits per heavy atom. The van der Waals surface area contributed by atoms with Crippen LogP contribution in [-0.2, 0) is 44.7 Å². The Hall–Kier alpha value is -5.31. The zero-order valence-corrected chi connectivity index (χ0v) is 30.4. The molecular weight excluding hydrogens is 698 g/mol. The number of rotatable bonds is 12. The number of hydrogen-bond acceptors (Lipinski definition) is 9. The minimum Gasteiger partial charge on any atom is -0.491 e. The molecule has 54 heavy (non-hydrogen) atoms. The van der Waals surface area contributed by atoms with Crippen LogP contribution in [0.4, 0.5) is 0 Å². The normalized spacial score (nSPS) is 21.9. The zero-order chi connectivity index (χ0) is 38.6. The molecule has 2 fully saturated rings. The van der Waals surface area contributed by atoms with Crippen LogP contribution in [0.1, 0.15) is 75.5 Å². The number of carboxylic acid groups (broad SMARTS) is 1. The lowest BCUT2D eigenvalue weighted by molar-refractivity contribution is -0.144. The van der Waals surface area contributed by atoms with Crippen LogP contribution in [0.15, 0.2) is 54.6 Å². The SMILES string of the molecule is CCCC(NC(=O)[C@@H]1C[C@@H]2CN1C(=O)[C@H](C1CCCCC1)NC(=O)Cc1cccc(c1)OCCO2)C(=O)C(=O)NCC(=O)N[C@H](C(=O)O)c1ccccc1. The molecule has 0 aromatic heterocycles. The van der Waals surface area contributed by atoms with Gasteiger partial charge in [0.05, 0.1) is 31.7 Å². The molecule has 5 amide bonds. The third kappa shape index (κ3) is 10.6. The van der Waals surface area contributed by atoms with E-state index in [0.717, 1.165) is 37.7 Å². The molecule has 2 heterocycles. The Morgan fingerprint density at radius 1 is 0.963 bits per heavy atom. The average molecular weight is 748 g/mol. The summed E-state index contributed by atoms with van der Waals surface area (Å²) < 4.78 is 11.9. The van der Waals surface area contributed by atoms with Crippen molar-refractivity contribution in [1.82, 2.24) is 26.2 Å². The Balaban J connectivity index is 1.28. The van der Waals surface area contributed by atoms with Crippen LogP contribution in [0.2, 0.25) is 0 Å². The largest absolute Gasteiger partial charge is 0.491 e. The molecule has 4 bridgehead atoms. The first-order chi connectivity index (χ1) is 26.0. The van der Waals surface area contributed by atoms with Crippen molar-refractivity contribution >= 4 is 41.3 Å². The maximum atomic E-state index is 14.4. The molecule has 2 aliphatic heterocycles. The summed E-state index contributed by atoms with van der Waals surface area (Å²) in [6, 6.07) is 10.6. The molecule has 15 heteroatoms. The van der Waals surface area contributed by atoms with E-state index in [1.54, 1.807) is 43.3 Å². The monoisotopic (exact) mass is 747 g/mol. The van der Waals surface area contributed by atoms with E-state index < -0.39 is 72.2 Å². The Morgan fingerprint density at radius 3 is 2.44 bits per heavy atom. The van der Waals surface area contributed by atoms with Crippen LogP contribution >= 0.6 is 0 Å². The lowest BCUT2D eigenvalue weighted by atomic mass is 9.83. The van der Waals surface area contributed by atoms with Crippen LogP contribution in [0.5, 0.6) is 5.75 Å². The number of Topliss-reactive ketones (excluding diaryl/α,β-unsaturated/α-hetero) is 1. The summed E-state index contributed by atoms with van der Waals surface area (Å²) in [5, 5.41) is 19.8. The van der Waals surface area contributed by atoms with Gasteiger partial charge >= 0.3 is 5.97 Å². The lowest BCUT2D eigenvalue weighted by Gasteiger charge is -2.35. The first kappa shape index (κ1) is 39.9. The fourth-order valence-corrected chi connectivity index (χ4v) is 7.34. The number of carbonyl (C=O) groups is 7. The van der Waals surface area contributed by atoms with E-state index in [0.29, 0.717) is 17.7 Å². The summed E-state index contributed by atoms with van der Waals surface area (Å²) in [4.78, 5) is 93.9. The molecule has 5 N–H and O–H groups in total. The molecule has 1 saturated heterocycles. The molecule has 0 radical (unpaired) electrons. The number of carbonyl (C=O) groups excluding carboxylic acids is 6. The summed E-state index contributed by atoms with van der Waals surface area (Å²) in [6.07, 6.45) is 4.47. The number of amides is 5. The molecule has 3 aliphatic rings. The van der Waals surface area contributed by atoms with Crippen LogP contribution < -0.4 is 26.0 Å². The lowest BCUT2D eigenvalue weighted by Crippen LogP contribution is -2.58. The van der Waals surface area contributed by atoms with Crippen molar-refractivity contribution in [2.75, 3.05) is 26.3 Å². The Labute approximate surface area is 313 Å². The van der Waals surface area contributed by atoms with Crippen LogP contribution in [0.25, 0.3) is 0 Å². The predicted octanol–water partition coefficient (Wildman–Crippen LogP) is 1.59. The average Bonchev–Trinajstić information content (AvgIpc) is 3.61. The number of hydrogen-bond donors (Lipinski definition) is 5. The van der Waals surface area contributed by atoms with Gasteiger partial charge < -0.3 is 40.7 Å². The van der Waals surface area contributed by atoms with E-state index in [1.807, 2.05) is 6.07 Å². The van der Waals surface area contributed by atoms with Gasteiger partial charge in [-0.1, -0.05) is 75.1 Å². The minimum atomic E-state index is -1.37. The molecule has 1 saturated carbocycles. The fraction of sp³-hybridized carbons (Fsp3) is 0.513. The first-order valence-corrected chi connectivity index (χ1v) is 18.7. The number of aliphatic carboxylic acids is 1. The maximum absolute atomic E-state index is 14.4. The highest BCUT2D eigenvalue weighted by Crippen LogP contribution is 2.30. The smallest absolute Gasteiger partial charge is 0.330 e. The number of nitrogens with one attached hydrogen (secondary N) is 4. The van der Waals surface area contributed by atoms with Crippen LogP contribution in [0, 0.1) is 5.92 Å². The number of fused-ring (bicyclic) bond motifs is 4. The molecule has 0 spiro atoms. The Kier molecular flexibility index (Phi) is 14.1. The number of carboxylic acids is 1. The highest BCUT2D eigenvalue weighted by molar-refractivity contribution is 6.38. The first-order valence-electron chi connectivity index (χ1n) is 18.7. The number of ether oxygens (including phenoxy) is 2. The van der Waals surface area contributed by atoms with E-state index in [9.17, 15) is 38.7 Å². The standard InChI is InChI=1S/C39H49N5O10/c1-2-10-29(35(47)37(49)40-22-32(46)43-34(39(51)52)26-14-7-4-8-15-26)41-36(48)30-21-28-23-44(30)38(50)33(25-12-5-3-6-13-25)42-31(45)20-24-11-9-16-27(19-24)53-17-18-54-28/h4,7-9,11,14-16,19,25,28-30,33-34H,2-3,5-6,10,12-13,17-18,20-23H2,1H3,(H,40,49)(H,41,48)(H,42,45)(H,43,46)(H,51,52)/t28-,29?,30+,33+,34+/m1/s1. The van der Waals surface area contributed by atoms with E-state index in [4.69, 9.17) is 9.47 Å². The van der Waals surface area contributed by atoms with Crippen molar-refractivity contribution in [3.05, 3.63) is 65.7 Å². The molecule has 1 aliphatic carbocycles. The summed E-state index contributed by atoms with van der Waals surface area (Å²) >= 11 is 0. The topological polar surface area (TPSA) is 210 Å². The second kappa shape index (κ2) is 19.1. The van der Waals surface area contributed by atoms with E-state index >= 15 is 0 Å². The van der Waals surface area contributed by atoms with Crippen molar-refractivity contribution in [3.8, 4) is 5.75 Å². The molecule has 2 aromatic rings. The van der Waals surface area contributed by atoms with Gasteiger partial charge in [0.15, 0.2) is 6.04 Å². The van der Waals surface area contributed by atoms with Crippen molar-refractivity contribution < 1.29 is 48.1 Å². The quantitative estimate of drug-likeness (QED) is 0.198. The summed E-state index contributed by atoms with van der Waals surface area (Å²) in [6.45, 7) is 1.54. The van der Waals surface area contributed by atoms with Gasteiger partial charge in [0.25, 0.3) is 5.91 Å². The molecule has 5 atom stereocenters. The highest BCUT2D eigenvalue weighted by atomic mass is 16.5. The molecular formula is C39H49N5O10. The van der Waals surface area contributed by atoms with Crippen LogP contribution in [0.3, 0.4) is 0 Å². The summed E-state index contributed by atoms with van der Waals surface area (Å²) in [5.74, 6) is -5.21. The van der Waals surface area contributed by atoms with Gasteiger partial charge in [0, 0.05) is 13.0 Å². The van der Waals surface area contributed by atoms with Crippen LogP contribution in [-0.4, -0.2) is 102 Å². The predicted molar refractivity (Wildman–Crippen MR) is 194 cm³/mol. The van der Waals surface area contributed by atoms with Crippen molar-refractivity contribution in [1.29, 1.82) is 0 Å². The number of ketones is 1. The van der Waals surface area contributed by atoms with Crippen molar-refractivity contribution in [3.63, 3.8) is 0 Å². The number of benzene rings is 2. The fourth-order valence-electron chi connectivity index (χ4n) is 7.34. The van der Waals surface area contributed by atoms with Gasteiger partial charge in [-0.15, -0.1) is 0 Å². The number of nitrogens with zero attached hydrogens (tertiary/aromatic N) is 1. The second-order valence-corrected chi connectivity index (χ2v) is 14.0. The molecule has 5 rings (SSSR count). The zero-order valence-electron chi connectivity index (χ0n) is 30.4. The maximum Gasteiger partial charge on any atom is 0.330 e. The molecule has 2 aromatic carbocycles. The van der Waals surface area contributed by atoms with Gasteiger partial charge in [-0.2, -0.15) is 0 Å². The van der Waals surface area contributed by atoms with Gasteiger partial charge in [-0.05, 0) is 48.4 Å². The van der Waals surface area contributed by atoms with Gasteiger partial charge in [-0.25, -0.2) is 4.79 Å². The highest BCUT2D eigenvalue weighted by Gasteiger charge is 2.45. The van der Waals surface area contributed by atoms with E-state index in [-0.39, 0.29) is 50.8 Å². The minimum absolute atomic E-state index is 0.0362. The van der Waals surface area contributed by atoms with E-state index in [2.05, 4.69) is 21.3 Å². The van der Waals surface area contributed by atoms with Crippen molar-refractivity contribution in [2.24, 2.45) is 5.92 Å². The molecule has 15 nitrogen and oxygen atoms in total. The third-order valence-electron chi connectivity index (χ3n) is 10.0. The van der Waals surface area contributed by atoms with Gasteiger partial charge in [0.2, 0.25) is 29.4 Å². The second-order valence-electron chi connectivity index (χ2n) is 14.0. The Bertz CT molecular complexity index is 1680. The summed E-state index contributed by atoms with van der Waals surface area (Å²) in [5.41, 5.74) is 1.05. The van der Waals surface area contributed by atoms with Gasteiger partial charge in [-0.3, -0.25) is 28.8 Å². The third-order valence-corrected chi connectivity index (χ3v) is 10.0. The van der Waals surface area contributed by atoms with Gasteiger partial charge in [0.1, 0.15) is 24.4 Å². The summed E-state index contributed by atoms with van der Waals surface area (Å²) in [7, 11) is 0.